The molecule has 22 heavy (non-hydrogen) atoms. The molecule has 0 aromatic heterocycles. The minimum absolute atomic E-state index is 0.00939. The second-order valence-electron chi connectivity index (χ2n) is 7.56. The van der Waals surface area contributed by atoms with E-state index >= 15 is 0 Å². The van der Waals surface area contributed by atoms with Gasteiger partial charge in [-0.05, 0) is 48.1 Å². The average molecular weight is 314 g/mol. The van der Waals surface area contributed by atoms with E-state index in [1.54, 1.807) is 4.90 Å². The van der Waals surface area contributed by atoms with Crippen molar-refractivity contribution in [3.63, 3.8) is 0 Å². The van der Waals surface area contributed by atoms with Crippen molar-refractivity contribution in [3.05, 3.63) is 12.5 Å². The van der Waals surface area contributed by atoms with E-state index < -0.39 is 5.60 Å². The van der Waals surface area contributed by atoms with Crippen molar-refractivity contribution in [3.8, 4) is 0 Å². The fraction of sp³-hybridized carbons (Fsp3) is 0.812. The molecule has 6 nitrogen and oxygen atoms in total. The van der Waals surface area contributed by atoms with Crippen LogP contribution in [-0.2, 0) is 9.47 Å². The Hall–Kier alpha value is -1.43. The molecular weight excluding hydrogens is 284 g/mol. The zero-order valence-corrected chi connectivity index (χ0v) is 14.7. The Morgan fingerprint density at radius 3 is 2.09 bits per heavy atom. The van der Waals surface area contributed by atoms with Crippen molar-refractivity contribution in [2.45, 2.75) is 58.8 Å². The highest BCUT2D eigenvalue weighted by Gasteiger charge is 2.38. The van der Waals surface area contributed by atoms with Crippen LogP contribution < -0.4 is 0 Å². The van der Waals surface area contributed by atoms with Crippen LogP contribution in [0, 0.1) is 0 Å². The molecule has 1 saturated heterocycles. The zero-order valence-electron chi connectivity index (χ0n) is 14.7. The van der Waals surface area contributed by atoms with Crippen molar-refractivity contribution in [1.82, 2.24) is 9.80 Å². The summed E-state index contributed by atoms with van der Waals surface area (Å²) < 4.78 is 11.1. The van der Waals surface area contributed by atoms with Crippen LogP contribution in [0.4, 0.5) is 4.79 Å². The maximum atomic E-state index is 11.9. The van der Waals surface area contributed by atoms with Gasteiger partial charge in [0.05, 0.1) is 12.6 Å². The van der Waals surface area contributed by atoms with Crippen LogP contribution in [0.2, 0.25) is 0 Å². The van der Waals surface area contributed by atoms with Crippen molar-refractivity contribution >= 4 is 6.09 Å². The highest BCUT2D eigenvalue weighted by Crippen LogP contribution is 2.24. The third kappa shape index (κ3) is 5.75. The quantitative estimate of drug-likeness (QED) is 0.788. The third-order valence-electron chi connectivity index (χ3n) is 3.04. The lowest BCUT2D eigenvalue weighted by atomic mass is 10.1. The van der Waals surface area contributed by atoms with E-state index in [4.69, 9.17) is 9.47 Å². The Kier molecular flexibility index (Phi) is 5.73. The molecule has 0 aromatic rings. The maximum Gasteiger partial charge on any atom is 0.410 e. The summed E-state index contributed by atoms with van der Waals surface area (Å²) >= 11 is 0. The molecule has 1 fully saturated rings. The van der Waals surface area contributed by atoms with Gasteiger partial charge in [-0.3, -0.25) is 0 Å². The predicted molar refractivity (Wildman–Crippen MR) is 85.4 cm³/mol. The number of hydrogen-bond donors (Lipinski definition) is 1. The summed E-state index contributed by atoms with van der Waals surface area (Å²) in [4.78, 5) is 15.5. The number of aliphatic hydroxyl groups excluding tert-OH is 1. The molecular formula is C16H30N2O4. The molecule has 0 atom stereocenters. The minimum Gasteiger partial charge on any atom is -0.474 e. The second kappa shape index (κ2) is 6.77. The predicted octanol–water partition coefficient (Wildman–Crippen LogP) is 2.19. The summed E-state index contributed by atoms with van der Waals surface area (Å²) in [5.74, 6) is 0.524. The summed E-state index contributed by atoms with van der Waals surface area (Å²) in [6.45, 7) is 16.9. The Morgan fingerprint density at radius 2 is 1.68 bits per heavy atom. The number of rotatable bonds is 5. The lowest BCUT2D eigenvalue weighted by Crippen LogP contribution is -2.62. The van der Waals surface area contributed by atoms with Crippen LogP contribution in [0.1, 0.15) is 41.5 Å². The standard InChI is InChI=1S/C16H30N2O4/c1-12(21-15(2,3)4)18(8-9-19)13-10-17(11-13)14(20)22-16(5,6)7/h13,19H,1,8-11H2,2-7H3. The fourth-order valence-corrected chi connectivity index (χ4v) is 2.16. The van der Waals surface area contributed by atoms with Gasteiger partial charge in [-0.15, -0.1) is 0 Å². The van der Waals surface area contributed by atoms with E-state index in [1.807, 2.05) is 46.4 Å². The molecule has 1 N–H and O–H groups in total. The number of carbonyl (C=O) groups excluding carboxylic acids is 1. The average Bonchev–Trinajstić information content (AvgIpc) is 2.20. The second-order valence-corrected chi connectivity index (χ2v) is 7.56. The number of hydrogen-bond acceptors (Lipinski definition) is 5. The Morgan fingerprint density at radius 1 is 1.18 bits per heavy atom. The Bertz CT molecular complexity index is 403. The number of nitrogens with zero attached hydrogens (tertiary/aromatic N) is 2. The Balaban J connectivity index is 2.56. The summed E-state index contributed by atoms with van der Waals surface area (Å²) in [6.07, 6.45) is -0.310. The van der Waals surface area contributed by atoms with Gasteiger partial charge in [0.2, 0.25) is 0 Å². The van der Waals surface area contributed by atoms with Crippen LogP contribution in [0.15, 0.2) is 12.5 Å². The number of aliphatic hydroxyl groups is 1. The molecule has 0 saturated carbocycles. The molecule has 128 valence electrons. The van der Waals surface area contributed by atoms with Gasteiger partial charge in [-0.25, -0.2) is 4.79 Å². The lowest BCUT2D eigenvalue weighted by molar-refractivity contribution is -0.0504. The van der Waals surface area contributed by atoms with Crippen molar-refractivity contribution in [2.75, 3.05) is 26.2 Å². The summed E-state index contributed by atoms with van der Waals surface area (Å²) in [6, 6.07) is 0.0921. The molecule has 1 heterocycles. The minimum atomic E-state index is -0.494. The monoisotopic (exact) mass is 314 g/mol. The fourth-order valence-electron chi connectivity index (χ4n) is 2.16. The van der Waals surface area contributed by atoms with Gasteiger partial charge in [0.1, 0.15) is 11.2 Å². The SMILES string of the molecule is C=C(OC(C)(C)C)N(CCO)C1CN(C(=O)OC(C)(C)C)C1. The van der Waals surface area contributed by atoms with Crippen molar-refractivity contribution < 1.29 is 19.4 Å². The van der Waals surface area contributed by atoms with Gasteiger partial charge in [-0.1, -0.05) is 0 Å². The normalized spacial score (nSPS) is 16.0. The third-order valence-corrected chi connectivity index (χ3v) is 3.04. The highest BCUT2D eigenvalue weighted by atomic mass is 16.6. The number of likely N-dealkylation sites (tertiary alicyclic amines) is 1. The van der Waals surface area contributed by atoms with Gasteiger partial charge in [0.25, 0.3) is 0 Å². The van der Waals surface area contributed by atoms with Gasteiger partial charge in [0.15, 0.2) is 5.88 Å². The molecule has 0 bridgehead atoms. The number of carbonyl (C=O) groups is 1. The zero-order chi connectivity index (χ0) is 17.1. The van der Waals surface area contributed by atoms with Crippen molar-refractivity contribution in [2.24, 2.45) is 0 Å². The van der Waals surface area contributed by atoms with Crippen LogP contribution in [0.25, 0.3) is 0 Å². The first-order valence-corrected chi connectivity index (χ1v) is 7.66. The lowest BCUT2D eigenvalue weighted by Gasteiger charge is -2.46. The Labute approximate surface area is 133 Å². The molecule has 0 unspecified atom stereocenters. The molecule has 0 aliphatic carbocycles. The molecule has 6 heteroatoms. The number of amides is 1. The first-order valence-electron chi connectivity index (χ1n) is 7.66. The summed E-state index contributed by atoms with van der Waals surface area (Å²) in [5.41, 5.74) is -0.842. The van der Waals surface area contributed by atoms with E-state index in [0.29, 0.717) is 25.5 Å². The number of ether oxygens (including phenoxy) is 2. The molecule has 0 spiro atoms. The van der Waals surface area contributed by atoms with E-state index in [2.05, 4.69) is 6.58 Å². The summed E-state index contributed by atoms with van der Waals surface area (Å²) in [5, 5.41) is 9.24. The van der Waals surface area contributed by atoms with Crippen LogP contribution in [-0.4, -0.2) is 64.5 Å². The van der Waals surface area contributed by atoms with Crippen LogP contribution in [0.3, 0.4) is 0 Å². The van der Waals surface area contributed by atoms with E-state index in [9.17, 15) is 9.90 Å². The molecule has 1 rings (SSSR count). The van der Waals surface area contributed by atoms with E-state index in [-0.39, 0.29) is 24.3 Å². The topological polar surface area (TPSA) is 62.2 Å². The van der Waals surface area contributed by atoms with Gasteiger partial charge in [0, 0.05) is 19.6 Å². The van der Waals surface area contributed by atoms with Gasteiger partial charge < -0.3 is 24.4 Å². The van der Waals surface area contributed by atoms with E-state index in [0.717, 1.165) is 0 Å². The first kappa shape index (κ1) is 18.6. The molecule has 0 aromatic carbocycles. The van der Waals surface area contributed by atoms with Crippen LogP contribution >= 0.6 is 0 Å². The first-order chi connectivity index (χ1) is 9.93. The summed E-state index contributed by atoms with van der Waals surface area (Å²) in [7, 11) is 0. The maximum absolute atomic E-state index is 11.9. The largest absolute Gasteiger partial charge is 0.474 e. The molecule has 0 radical (unpaired) electrons. The smallest absolute Gasteiger partial charge is 0.410 e. The van der Waals surface area contributed by atoms with Gasteiger partial charge >= 0.3 is 6.09 Å². The van der Waals surface area contributed by atoms with Gasteiger partial charge in [-0.2, -0.15) is 0 Å². The van der Waals surface area contributed by atoms with E-state index in [1.165, 1.54) is 0 Å². The van der Waals surface area contributed by atoms with Crippen molar-refractivity contribution in [1.29, 1.82) is 0 Å². The molecule has 1 aliphatic heterocycles. The highest BCUT2D eigenvalue weighted by molar-refractivity contribution is 5.69. The molecule has 1 aliphatic rings. The van der Waals surface area contributed by atoms with Crippen LogP contribution in [0.5, 0.6) is 0 Å². The molecule has 1 amide bonds.